The maximum Gasteiger partial charge on any atom is 0.229 e. The molecule has 1 saturated carbocycles. The Morgan fingerprint density at radius 2 is 1.96 bits per heavy atom. The molecule has 1 N–H and O–H groups in total. The van der Waals surface area contributed by atoms with Crippen molar-refractivity contribution in [3.05, 3.63) is 17.8 Å². The van der Waals surface area contributed by atoms with Gasteiger partial charge in [0.2, 0.25) is 11.9 Å². The molecule has 23 heavy (non-hydrogen) atoms. The van der Waals surface area contributed by atoms with Crippen molar-refractivity contribution in [1.29, 1.82) is 0 Å². The number of amides is 1. The fraction of sp³-hybridized carbons (Fsp3) is 0.611. The summed E-state index contributed by atoms with van der Waals surface area (Å²) in [6, 6.07) is 4.35. The van der Waals surface area contributed by atoms with Crippen molar-refractivity contribution in [2.24, 2.45) is 11.8 Å². The third kappa shape index (κ3) is 3.23. The van der Waals surface area contributed by atoms with Crippen molar-refractivity contribution < 1.29 is 4.79 Å². The smallest absolute Gasteiger partial charge is 0.229 e. The van der Waals surface area contributed by atoms with Crippen LogP contribution in [0, 0.1) is 18.8 Å². The first kappa shape index (κ1) is 17.4. The highest BCUT2D eigenvalue weighted by atomic mass is 16.2. The van der Waals surface area contributed by atoms with E-state index in [1.54, 1.807) is 0 Å². The van der Waals surface area contributed by atoms with Gasteiger partial charge in [0.25, 0.3) is 0 Å². The summed E-state index contributed by atoms with van der Waals surface area (Å²) in [6.45, 7) is 8.06. The van der Waals surface area contributed by atoms with Gasteiger partial charge in [-0.25, -0.2) is 9.97 Å². The first-order valence-electron chi connectivity index (χ1n) is 8.14. The van der Waals surface area contributed by atoms with Crippen molar-refractivity contribution in [2.75, 3.05) is 5.32 Å². The van der Waals surface area contributed by atoms with Gasteiger partial charge < -0.3 is 0 Å². The molecule has 5 nitrogen and oxygen atoms in total. The predicted molar refractivity (Wildman–Crippen MR) is 94.5 cm³/mol. The average molecular weight is 316 g/mol. The Bertz CT molecular complexity index is 700. The first-order valence-corrected chi connectivity index (χ1v) is 8.14. The summed E-state index contributed by atoms with van der Waals surface area (Å²) in [5.74, 6) is 0.948. The number of hydrogen-bond donors (Lipinski definition) is 1. The highest BCUT2D eigenvalue weighted by Gasteiger charge is 2.27. The number of rotatable bonds is 4. The molecule has 1 aliphatic carbocycles. The Hall–Kier alpha value is -1.91. The molecule has 1 aliphatic rings. The number of nitrogens with one attached hydrogen (secondary N) is 1. The van der Waals surface area contributed by atoms with E-state index in [-0.39, 0.29) is 19.3 Å². The minimum absolute atomic E-state index is 0. The van der Waals surface area contributed by atoms with E-state index < -0.39 is 0 Å². The number of imidazole rings is 1. The van der Waals surface area contributed by atoms with Gasteiger partial charge in [-0.2, -0.15) is 0 Å². The number of nitrogens with zero attached hydrogens (tertiary/aromatic N) is 3. The molecule has 0 radical (unpaired) electrons. The topological polar surface area (TPSA) is 59.8 Å². The summed E-state index contributed by atoms with van der Waals surface area (Å²) in [7, 11) is 0. The number of pyridine rings is 1. The van der Waals surface area contributed by atoms with Crippen LogP contribution in [-0.2, 0) is 4.79 Å². The Morgan fingerprint density at radius 3 is 2.52 bits per heavy atom. The molecule has 0 spiro atoms. The maximum absolute atomic E-state index is 12.4. The lowest BCUT2D eigenvalue weighted by molar-refractivity contribution is -0.120. The van der Waals surface area contributed by atoms with Crippen molar-refractivity contribution in [3.63, 3.8) is 0 Å². The van der Waals surface area contributed by atoms with Crippen LogP contribution in [0.1, 0.15) is 59.2 Å². The summed E-state index contributed by atoms with van der Waals surface area (Å²) in [5.41, 5.74) is 2.71. The van der Waals surface area contributed by atoms with E-state index in [1.165, 1.54) is 6.42 Å². The lowest BCUT2D eigenvalue weighted by atomic mass is 9.93. The van der Waals surface area contributed by atoms with Gasteiger partial charge in [0.1, 0.15) is 5.52 Å². The van der Waals surface area contributed by atoms with Gasteiger partial charge >= 0.3 is 0 Å². The van der Waals surface area contributed by atoms with Crippen LogP contribution in [0.25, 0.3) is 11.2 Å². The summed E-state index contributed by atoms with van der Waals surface area (Å²) in [6.07, 6.45) is 3.49. The number of aryl methyl sites for hydroxylation is 1. The van der Waals surface area contributed by atoms with E-state index >= 15 is 0 Å². The number of aromatic nitrogens is 3. The van der Waals surface area contributed by atoms with Gasteiger partial charge in [-0.05, 0) is 44.2 Å². The SMILES string of the molecule is C.Cc1ccc2nc(NC(=O)[C@@H](C)C(C)C)n(C3CCC3)c2n1. The van der Waals surface area contributed by atoms with E-state index in [0.29, 0.717) is 17.9 Å². The van der Waals surface area contributed by atoms with Gasteiger partial charge in [-0.15, -0.1) is 0 Å². The number of hydrogen-bond acceptors (Lipinski definition) is 3. The zero-order valence-corrected chi connectivity index (χ0v) is 13.8. The monoisotopic (exact) mass is 316 g/mol. The minimum Gasteiger partial charge on any atom is -0.296 e. The standard InChI is InChI=1S/C17H24N4O.CH4/c1-10(2)12(4)16(22)20-17-19-14-9-8-11(3)18-15(14)21(17)13-6-5-7-13;/h8-10,12-13H,5-7H2,1-4H3,(H,19,20,22);1H4/t12-;/m0./s1. The Balaban J connectivity index is 0.00000192. The molecule has 0 bridgehead atoms. The van der Waals surface area contributed by atoms with Gasteiger partial charge in [0.05, 0.1) is 0 Å². The zero-order valence-electron chi connectivity index (χ0n) is 13.8. The zero-order chi connectivity index (χ0) is 15.9. The highest BCUT2D eigenvalue weighted by Crippen LogP contribution is 2.36. The fourth-order valence-corrected chi connectivity index (χ4v) is 2.67. The molecule has 2 aromatic heterocycles. The molecule has 5 heteroatoms. The van der Waals surface area contributed by atoms with Crippen LogP contribution in [-0.4, -0.2) is 20.4 Å². The molecule has 1 atom stereocenters. The Kier molecular flexibility index (Phi) is 5.07. The number of carbonyl (C=O) groups excluding carboxylic acids is 1. The third-order valence-electron chi connectivity index (χ3n) is 4.76. The highest BCUT2D eigenvalue weighted by molar-refractivity contribution is 5.92. The van der Waals surface area contributed by atoms with E-state index in [0.717, 1.165) is 29.7 Å². The van der Waals surface area contributed by atoms with Crippen LogP contribution in [0.15, 0.2) is 12.1 Å². The van der Waals surface area contributed by atoms with E-state index in [4.69, 9.17) is 0 Å². The van der Waals surface area contributed by atoms with Gasteiger partial charge in [0, 0.05) is 17.7 Å². The largest absolute Gasteiger partial charge is 0.296 e. The van der Waals surface area contributed by atoms with Crippen molar-refractivity contribution in [1.82, 2.24) is 14.5 Å². The molecule has 0 unspecified atom stereocenters. The van der Waals surface area contributed by atoms with Crippen LogP contribution in [0.2, 0.25) is 0 Å². The molecule has 0 aliphatic heterocycles. The second-order valence-corrected chi connectivity index (χ2v) is 6.71. The summed E-state index contributed by atoms with van der Waals surface area (Å²) in [5, 5.41) is 3.02. The molecular formula is C18H28N4O. The van der Waals surface area contributed by atoms with Gasteiger partial charge in [-0.1, -0.05) is 28.2 Å². The molecule has 126 valence electrons. The quantitative estimate of drug-likeness (QED) is 0.913. The predicted octanol–water partition coefficient (Wildman–Crippen LogP) is 4.33. The van der Waals surface area contributed by atoms with Gasteiger partial charge in [0.15, 0.2) is 5.65 Å². The van der Waals surface area contributed by atoms with Crippen molar-refractivity contribution in [3.8, 4) is 0 Å². The molecule has 1 fully saturated rings. The van der Waals surface area contributed by atoms with E-state index in [9.17, 15) is 4.79 Å². The van der Waals surface area contributed by atoms with Crippen LogP contribution < -0.4 is 5.32 Å². The molecular weight excluding hydrogens is 288 g/mol. The molecule has 1 amide bonds. The second-order valence-electron chi connectivity index (χ2n) is 6.71. The number of anilines is 1. The lowest BCUT2D eigenvalue weighted by Crippen LogP contribution is -2.27. The van der Waals surface area contributed by atoms with Crippen LogP contribution in [0.5, 0.6) is 0 Å². The molecule has 2 heterocycles. The number of fused-ring (bicyclic) bond motifs is 1. The number of carbonyl (C=O) groups is 1. The summed E-state index contributed by atoms with van der Waals surface area (Å²) >= 11 is 0. The first-order chi connectivity index (χ1) is 10.5. The summed E-state index contributed by atoms with van der Waals surface area (Å²) in [4.78, 5) is 21.6. The van der Waals surface area contributed by atoms with E-state index in [2.05, 4.69) is 33.7 Å². The molecule has 0 aromatic carbocycles. The second kappa shape index (κ2) is 6.69. The Morgan fingerprint density at radius 1 is 1.26 bits per heavy atom. The van der Waals surface area contributed by atoms with Crippen LogP contribution in [0.4, 0.5) is 5.95 Å². The molecule has 0 saturated heterocycles. The van der Waals surface area contributed by atoms with Crippen LogP contribution >= 0.6 is 0 Å². The van der Waals surface area contributed by atoms with Crippen molar-refractivity contribution >= 4 is 23.0 Å². The molecule has 2 aromatic rings. The Labute approximate surface area is 138 Å². The fourth-order valence-electron chi connectivity index (χ4n) is 2.67. The van der Waals surface area contributed by atoms with E-state index in [1.807, 2.05) is 26.0 Å². The lowest BCUT2D eigenvalue weighted by Gasteiger charge is -2.29. The third-order valence-corrected chi connectivity index (χ3v) is 4.76. The maximum atomic E-state index is 12.4. The minimum atomic E-state index is -0.0376. The average Bonchev–Trinajstić information content (AvgIpc) is 2.74. The van der Waals surface area contributed by atoms with Gasteiger partial charge in [-0.3, -0.25) is 14.7 Å². The molecule has 3 rings (SSSR count). The van der Waals surface area contributed by atoms with Crippen LogP contribution in [0.3, 0.4) is 0 Å². The normalized spacial score (nSPS) is 16.0. The summed E-state index contributed by atoms with van der Waals surface area (Å²) < 4.78 is 2.12. The van der Waals surface area contributed by atoms with Crippen molar-refractivity contribution in [2.45, 2.75) is 60.4 Å².